The molecule has 1 N–H and O–H groups in total. The Morgan fingerprint density at radius 3 is 2.64 bits per heavy atom. The van der Waals surface area contributed by atoms with Crippen molar-refractivity contribution in [3.8, 4) is 11.5 Å². The number of nitrogens with one attached hydrogen (secondary N) is 1. The number of nitrogens with zero attached hydrogens (tertiary/aromatic N) is 1. The van der Waals surface area contributed by atoms with Crippen LogP contribution in [0.5, 0.6) is 11.5 Å². The van der Waals surface area contributed by atoms with Crippen molar-refractivity contribution in [3.05, 3.63) is 58.4 Å². The molecule has 2 aliphatic heterocycles. The van der Waals surface area contributed by atoms with Gasteiger partial charge in [-0.05, 0) is 30.3 Å². The maximum atomic E-state index is 13.5. The Labute approximate surface area is 164 Å². The summed E-state index contributed by atoms with van der Waals surface area (Å²) < 4.78 is 24.1. The Hall–Kier alpha value is -3.10. The lowest BCUT2D eigenvalue weighted by Crippen LogP contribution is -2.34. The number of rotatable bonds is 4. The normalized spacial score (nSPS) is 18.4. The number of halogens is 2. The zero-order valence-corrected chi connectivity index (χ0v) is 15.5. The van der Waals surface area contributed by atoms with E-state index in [0.717, 1.165) is 11.0 Å². The highest BCUT2D eigenvalue weighted by Crippen LogP contribution is 2.41. The molecule has 4 rings (SSSR count). The van der Waals surface area contributed by atoms with E-state index in [9.17, 15) is 14.0 Å². The van der Waals surface area contributed by atoms with Crippen LogP contribution in [0.4, 0.5) is 10.1 Å². The first-order valence-electron chi connectivity index (χ1n) is 8.18. The molecule has 0 unspecified atom stereocenters. The van der Waals surface area contributed by atoms with Crippen LogP contribution in [0.15, 0.2) is 42.0 Å². The second-order valence-corrected chi connectivity index (χ2v) is 6.41. The minimum atomic E-state index is -1.14. The second-order valence-electron chi connectivity index (χ2n) is 6.01. The number of methoxy groups -OCH3 is 2. The van der Waals surface area contributed by atoms with Crippen molar-refractivity contribution in [2.24, 2.45) is 0 Å². The molecule has 0 saturated carbocycles. The van der Waals surface area contributed by atoms with Gasteiger partial charge in [0, 0.05) is 5.56 Å². The summed E-state index contributed by atoms with van der Waals surface area (Å²) in [5, 5.41) is -0.196. The number of imide groups is 1. The maximum absolute atomic E-state index is 13.5. The van der Waals surface area contributed by atoms with Crippen LogP contribution >= 0.6 is 11.6 Å². The molecule has 1 saturated heterocycles. The molecular formula is C19H14ClFN2O5. The van der Waals surface area contributed by atoms with Gasteiger partial charge in [0.25, 0.3) is 11.8 Å². The van der Waals surface area contributed by atoms with E-state index in [1.165, 1.54) is 26.4 Å². The predicted octanol–water partition coefficient (Wildman–Crippen LogP) is 2.68. The number of hydrogen-bond acceptors (Lipinski definition) is 6. The molecule has 2 aromatic rings. The van der Waals surface area contributed by atoms with Gasteiger partial charge in [-0.15, -0.1) is 0 Å². The van der Waals surface area contributed by atoms with Crippen LogP contribution in [-0.4, -0.2) is 32.1 Å². The molecule has 2 aromatic carbocycles. The number of amides is 2. The Morgan fingerprint density at radius 2 is 1.96 bits per heavy atom. The third-order valence-electron chi connectivity index (χ3n) is 4.52. The largest absolute Gasteiger partial charge is 0.493 e. The van der Waals surface area contributed by atoms with Gasteiger partial charge in [-0.3, -0.25) is 19.9 Å². The van der Waals surface area contributed by atoms with Crippen molar-refractivity contribution in [2.45, 2.75) is 6.10 Å². The number of benzene rings is 2. The van der Waals surface area contributed by atoms with Crippen molar-refractivity contribution in [3.63, 3.8) is 0 Å². The molecule has 144 valence electrons. The Morgan fingerprint density at radius 1 is 1.18 bits per heavy atom. The summed E-state index contributed by atoms with van der Waals surface area (Å²) in [6.07, 6.45) is -1.14. The Balaban J connectivity index is 1.83. The van der Waals surface area contributed by atoms with Crippen LogP contribution in [0, 0.1) is 5.82 Å². The van der Waals surface area contributed by atoms with Crippen LogP contribution in [0.1, 0.15) is 5.56 Å². The zero-order chi connectivity index (χ0) is 20.0. The molecule has 0 bridgehead atoms. The first kappa shape index (κ1) is 18.3. The lowest BCUT2D eigenvalue weighted by Gasteiger charge is -2.17. The second kappa shape index (κ2) is 6.81. The molecule has 7 nitrogen and oxygen atoms in total. The van der Waals surface area contributed by atoms with E-state index in [4.69, 9.17) is 25.9 Å². The molecule has 0 spiro atoms. The van der Waals surface area contributed by atoms with E-state index >= 15 is 0 Å². The van der Waals surface area contributed by atoms with Gasteiger partial charge < -0.3 is 9.47 Å². The van der Waals surface area contributed by atoms with Gasteiger partial charge >= 0.3 is 0 Å². The van der Waals surface area contributed by atoms with E-state index in [2.05, 4.69) is 5.48 Å². The summed E-state index contributed by atoms with van der Waals surface area (Å²) in [5.74, 6) is -1.01. The Bertz CT molecular complexity index is 1040. The molecule has 0 aromatic heterocycles. The van der Waals surface area contributed by atoms with E-state index in [1.807, 2.05) is 0 Å². The molecule has 28 heavy (non-hydrogen) atoms. The van der Waals surface area contributed by atoms with Crippen LogP contribution in [0.3, 0.4) is 0 Å². The molecule has 2 aliphatic rings. The number of para-hydroxylation sites is 1. The zero-order valence-electron chi connectivity index (χ0n) is 14.8. The summed E-state index contributed by atoms with van der Waals surface area (Å²) in [4.78, 5) is 32.1. The minimum Gasteiger partial charge on any atom is -0.493 e. The van der Waals surface area contributed by atoms with E-state index in [-0.39, 0.29) is 16.3 Å². The molecule has 2 amide bonds. The lowest BCUT2D eigenvalue weighted by atomic mass is 10.0. The fraction of sp³-hybridized carbons (Fsp3) is 0.158. The van der Waals surface area contributed by atoms with Gasteiger partial charge in [0.2, 0.25) is 0 Å². The van der Waals surface area contributed by atoms with Crippen LogP contribution < -0.4 is 19.9 Å². The SMILES string of the molecule is COc1cccc(C2=C3C(=O)N(c4ccc(F)c(Cl)c4)C(=O)[C@H]3ON2)c1OC. The van der Waals surface area contributed by atoms with Crippen molar-refractivity contribution in [1.29, 1.82) is 0 Å². The lowest BCUT2D eigenvalue weighted by molar-refractivity contribution is -0.127. The predicted molar refractivity (Wildman–Crippen MR) is 98.4 cm³/mol. The van der Waals surface area contributed by atoms with Crippen LogP contribution in [-0.2, 0) is 14.4 Å². The molecule has 9 heteroatoms. The van der Waals surface area contributed by atoms with Crippen LogP contribution in [0.2, 0.25) is 5.02 Å². The quantitative estimate of drug-likeness (QED) is 0.789. The molecule has 0 radical (unpaired) electrons. The minimum absolute atomic E-state index is 0.122. The van der Waals surface area contributed by atoms with E-state index in [1.54, 1.807) is 18.2 Å². The first-order chi connectivity index (χ1) is 13.5. The van der Waals surface area contributed by atoms with Gasteiger partial charge in [-0.1, -0.05) is 17.7 Å². The molecule has 1 fully saturated rings. The molecular weight excluding hydrogens is 391 g/mol. The average Bonchev–Trinajstić information content (AvgIpc) is 3.23. The van der Waals surface area contributed by atoms with Crippen LogP contribution in [0.25, 0.3) is 5.70 Å². The number of hydrogen-bond donors (Lipinski definition) is 1. The first-order valence-corrected chi connectivity index (χ1v) is 8.56. The van der Waals surface area contributed by atoms with Crippen molar-refractivity contribution >= 4 is 34.8 Å². The fourth-order valence-electron chi connectivity index (χ4n) is 3.25. The standard InChI is InChI=1S/C19H14ClFN2O5/c1-26-13-5-3-4-10(16(13)27-2)15-14-17(28-22-15)19(25)23(18(14)24)9-6-7-12(21)11(20)8-9/h3-8,17,22H,1-2H3/t17-/m0/s1. The summed E-state index contributed by atoms with van der Waals surface area (Å²) in [5.41, 5.74) is 3.72. The average molecular weight is 405 g/mol. The topological polar surface area (TPSA) is 77.1 Å². The van der Waals surface area contributed by atoms with Gasteiger partial charge in [-0.2, -0.15) is 0 Å². The molecule has 0 aliphatic carbocycles. The summed E-state index contributed by atoms with van der Waals surface area (Å²) >= 11 is 5.80. The highest BCUT2D eigenvalue weighted by molar-refractivity contribution is 6.34. The smallest absolute Gasteiger partial charge is 0.270 e. The van der Waals surface area contributed by atoms with Gasteiger partial charge in [0.05, 0.1) is 36.2 Å². The summed E-state index contributed by atoms with van der Waals surface area (Å²) in [7, 11) is 2.96. The highest BCUT2D eigenvalue weighted by Gasteiger charge is 2.51. The Kier molecular flexibility index (Phi) is 4.44. The fourth-order valence-corrected chi connectivity index (χ4v) is 3.42. The van der Waals surface area contributed by atoms with Crippen molar-refractivity contribution < 1.29 is 28.3 Å². The number of ether oxygens (including phenoxy) is 2. The third-order valence-corrected chi connectivity index (χ3v) is 4.81. The number of carbonyl (C=O) groups is 2. The number of carbonyl (C=O) groups excluding carboxylic acids is 2. The molecule has 2 heterocycles. The van der Waals surface area contributed by atoms with Gasteiger partial charge in [-0.25, -0.2) is 9.29 Å². The number of anilines is 1. The highest BCUT2D eigenvalue weighted by atomic mass is 35.5. The molecule has 1 atom stereocenters. The van der Waals surface area contributed by atoms with E-state index in [0.29, 0.717) is 22.8 Å². The maximum Gasteiger partial charge on any atom is 0.270 e. The van der Waals surface area contributed by atoms with Gasteiger partial charge in [0.15, 0.2) is 17.6 Å². The monoisotopic (exact) mass is 404 g/mol. The van der Waals surface area contributed by atoms with Gasteiger partial charge in [0.1, 0.15) is 5.82 Å². The number of fused-ring (bicyclic) bond motifs is 1. The van der Waals surface area contributed by atoms with Crippen molar-refractivity contribution in [2.75, 3.05) is 19.1 Å². The third kappa shape index (κ3) is 2.61. The summed E-state index contributed by atoms with van der Waals surface area (Å²) in [6.45, 7) is 0. The summed E-state index contributed by atoms with van der Waals surface area (Å²) in [6, 6.07) is 8.74. The van der Waals surface area contributed by atoms with E-state index < -0.39 is 23.7 Å². The number of hydroxylamine groups is 1. The van der Waals surface area contributed by atoms with Crippen molar-refractivity contribution in [1.82, 2.24) is 5.48 Å².